The van der Waals surface area contributed by atoms with Crippen molar-refractivity contribution >= 4 is 0 Å². The van der Waals surface area contributed by atoms with Gasteiger partial charge in [0.15, 0.2) is 0 Å². The molecule has 14 heavy (non-hydrogen) atoms. The monoisotopic (exact) mass is 209 g/mol. The molecule has 0 radical (unpaired) electrons. The molecule has 0 aromatic carbocycles. The van der Waals surface area contributed by atoms with E-state index in [0.29, 0.717) is 18.4 Å². The lowest BCUT2D eigenvalue weighted by Gasteiger charge is -2.17. The van der Waals surface area contributed by atoms with Gasteiger partial charge in [0.1, 0.15) is 0 Å². The van der Waals surface area contributed by atoms with Gasteiger partial charge in [-0.2, -0.15) is 13.2 Å². The fraction of sp³-hybridized carbons (Fsp3) is 1.00. The van der Waals surface area contributed by atoms with Gasteiger partial charge in [0, 0.05) is 12.5 Å². The fourth-order valence-corrected chi connectivity index (χ4v) is 1.79. The van der Waals surface area contributed by atoms with E-state index in [4.69, 9.17) is 0 Å². The average molecular weight is 209 g/mol. The van der Waals surface area contributed by atoms with Crippen LogP contribution in [0.3, 0.4) is 0 Å². The lowest BCUT2D eigenvalue weighted by molar-refractivity contribution is -0.135. The van der Waals surface area contributed by atoms with Gasteiger partial charge in [-0.25, -0.2) is 0 Å². The summed E-state index contributed by atoms with van der Waals surface area (Å²) < 4.78 is 35.7. The number of nitrogens with one attached hydrogen (secondary N) is 1. The molecule has 0 heterocycles. The Hall–Kier alpha value is -0.250. The van der Waals surface area contributed by atoms with Crippen molar-refractivity contribution in [1.82, 2.24) is 5.32 Å². The quantitative estimate of drug-likeness (QED) is 0.708. The molecule has 0 amide bonds. The second-order valence-electron chi connectivity index (χ2n) is 4.01. The van der Waals surface area contributed by atoms with Crippen LogP contribution in [-0.2, 0) is 0 Å². The molecule has 1 rings (SSSR count). The standard InChI is InChI=1S/C10H18F3N/c1-2-14-9(8-5-6-8)4-3-7-10(11,12)13/h8-9,14H,2-7H2,1H3. The van der Waals surface area contributed by atoms with Crippen LogP contribution in [0.15, 0.2) is 0 Å². The molecule has 1 N–H and O–H groups in total. The normalized spacial score (nSPS) is 19.7. The number of hydrogen-bond acceptors (Lipinski definition) is 1. The first-order valence-corrected chi connectivity index (χ1v) is 5.33. The van der Waals surface area contributed by atoms with Gasteiger partial charge >= 0.3 is 6.18 Å². The van der Waals surface area contributed by atoms with Gasteiger partial charge in [0.05, 0.1) is 0 Å². The molecule has 0 aromatic heterocycles. The van der Waals surface area contributed by atoms with E-state index in [9.17, 15) is 13.2 Å². The number of halogens is 3. The van der Waals surface area contributed by atoms with Crippen LogP contribution in [0.1, 0.15) is 39.0 Å². The highest BCUT2D eigenvalue weighted by atomic mass is 19.4. The molecule has 1 fully saturated rings. The fourth-order valence-electron chi connectivity index (χ4n) is 1.79. The Balaban J connectivity index is 2.13. The third-order valence-corrected chi connectivity index (χ3v) is 2.63. The van der Waals surface area contributed by atoms with Gasteiger partial charge in [-0.1, -0.05) is 6.92 Å². The Morgan fingerprint density at radius 1 is 1.36 bits per heavy atom. The molecule has 0 aliphatic heterocycles. The maximum atomic E-state index is 11.9. The van der Waals surface area contributed by atoms with Crippen molar-refractivity contribution in [3.63, 3.8) is 0 Å². The van der Waals surface area contributed by atoms with Gasteiger partial charge in [-0.05, 0) is 38.1 Å². The van der Waals surface area contributed by atoms with Crippen molar-refractivity contribution in [3.8, 4) is 0 Å². The van der Waals surface area contributed by atoms with E-state index in [1.807, 2.05) is 6.92 Å². The molecule has 0 bridgehead atoms. The molecular weight excluding hydrogens is 191 g/mol. The first-order valence-electron chi connectivity index (χ1n) is 5.33. The highest BCUT2D eigenvalue weighted by Gasteiger charge is 2.32. The third-order valence-electron chi connectivity index (χ3n) is 2.63. The first-order chi connectivity index (χ1) is 6.53. The summed E-state index contributed by atoms with van der Waals surface area (Å²) >= 11 is 0. The summed E-state index contributed by atoms with van der Waals surface area (Å²) in [6.07, 6.45) is -1.33. The van der Waals surface area contributed by atoms with E-state index in [1.165, 1.54) is 12.8 Å². The van der Waals surface area contributed by atoms with Gasteiger partial charge in [-0.15, -0.1) is 0 Å². The molecule has 1 unspecified atom stereocenters. The van der Waals surface area contributed by atoms with Crippen molar-refractivity contribution in [2.24, 2.45) is 5.92 Å². The summed E-state index contributed by atoms with van der Waals surface area (Å²) in [6, 6.07) is 0.322. The zero-order valence-corrected chi connectivity index (χ0v) is 8.53. The van der Waals surface area contributed by atoms with Crippen molar-refractivity contribution in [1.29, 1.82) is 0 Å². The minimum absolute atomic E-state index is 0.262. The maximum absolute atomic E-state index is 11.9. The summed E-state index contributed by atoms with van der Waals surface area (Å²) in [5.41, 5.74) is 0. The molecule has 0 aromatic rings. The molecule has 1 aliphatic carbocycles. The van der Waals surface area contributed by atoms with E-state index >= 15 is 0 Å². The van der Waals surface area contributed by atoms with Crippen LogP contribution in [0.25, 0.3) is 0 Å². The second-order valence-corrected chi connectivity index (χ2v) is 4.01. The maximum Gasteiger partial charge on any atom is 0.389 e. The van der Waals surface area contributed by atoms with Gasteiger partial charge in [-0.3, -0.25) is 0 Å². The zero-order valence-electron chi connectivity index (χ0n) is 8.53. The van der Waals surface area contributed by atoms with Gasteiger partial charge in [0.2, 0.25) is 0 Å². The minimum Gasteiger partial charge on any atom is -0.314 e. The first kappa shape index (κ1) is 11.8. The van der Waals surface area contributed by atoms with Gasteiger partial charge in [0.25, 0.3) is 0 Å². The molecule has 1 atom stereocenters. The van der Waals surface area contributed by atoms with Crippen LogP contribution < -0.4 is 5.32 Å². The molecule has 1 saturated carbocycles. The molecule has 1 nitrogen and oxygen atoms in total. The molecular formula is C10H18F3N. The Bertz CT molecular complexity index is 163. The number of rotatable bonds is 6. The van der Waals surface area contributed by atoms with Crippen molar-refractivity contribution in [2.75, 3.05) is 6.54 Å². The van der Waals surface area contributed by atoms with Crippen LogP contribution in [-0.4, -0.2) is 18.8 Å². The Labute approximate surface area is 83.1 Å². The number of alkyl halides is 3. The smallest absolute Gasteiger partial charge is 0.314 e. The Morgan fingerprint density at radius 3 is 2.43 bits per heavy atom. The number of hydrogen-bond donors (Lipinski definition) is 1. The topological polar surface area (TPSA) is 12.0 Å². The molecule has 1 aliphatic rings. The van der Waals surface area contributed by atoms with E-state index in [1.54, 1.807) is 0 Å². The summed E-state index contributed by atoms with van der Waals surface area (Å²) in [5.74, 6) is 0.642. The summed E-state index contributed by atoms with van der Waals surface area (Å²) in [4.78, 5) is 0. The lowest BCUT2D eigenvalue weighted by atomic mass is 10.1. The molecule has 4 heteroatoms. The second kappa shape index (κ2) is 5.01. The summed E-state index contributed by atoms with van der Waals surface area (Å²) in [6.45, 7) is 2.85. The van der Waals surface area contributed by atoms with Gasteiger partial charge < -0.3 is 5.32 Å². The van der Waals surface area contributed by atoms with E-state index < -0.39 is 12.6 Å². The van der Waals surface area contributed by atoms with Crippen LogP contribution in [0.4, 0.5) is 13.2 Å². The van der Waals surface area contributed by atoms with Crippen molar-refractivity contribution in [2.45, 2.75) is 51.2 Å². The van der Waals surface area contributed by atoms with E-state index in [2.05, 4.69) is 5.32 Å². The largest absolute Gasteiger partial charge is 0.389 e. The average Bonchev–Trinajstić information content (AvgIpc) is 2.83. The molecule has 0 saturated heterocycles. The summed E-state index contributed by atoms with van der Waals surface area (Å²) in [7, 11) is 0. The van der Waals surface area contributed by atoms with Crippen LogP contribution in [0.5, 0.6) is 0 Å². The Kier molecular flexibility index (Phi) is 4.23. The minimum atomic E-state index is -3.99. The predicted octanol–water partition coefficient (Wildman–Crippen LogP) is 3.11. The third kappa shape index (κ3) is 4.84. The highest BCUT2D eigenvalue weighted by Crippen LogP contribution is 2.35. The van der Waals surface area contributed by atoms with Crippen molar-refractivity contribution < 1.29 is 13.2 Å². The molecule has 84 valence electrons. The Morgan fingerprint density at radius 2 is 2.00 bits per heavy atom. The van der Waals surface area contributed by atoms with Crippen molar-refractivity contribution in [3.05, 3.63) is 0 Å². The highest BCUT2D eigenvalue weighted by molar-refractivity contribution is 4.86. The SMILES string of the molecule is CCNC(CCCC(F)(F)F)C1CC1. The van der Waals surface area contributed by atoms with Crippen LogP contribution in [0, 0.1) is 5.92 Å². The van der Waals surface area contributed by atoms with Crippen LogP contribution >= 0.6 is 0 Å². The lowest BCUT2D eigenvalue weighted by Crippen LogP contribution is -2.31. The van der Waals surface area contributed by atoms with Crippen LogP contribution in [0.2, 0.25) is 0 Å². The zero-order chi connectivity index (χ0) is 10.6. The van der Waals surface area contributed by atoms with E-state index in [-0.39, 0.29) is 6.42 Å². The predicted molar refractivity (Wildman–Crippen MR) is 50.1 cm³/mol. The molecule has 0 spiro atoms. The summed E-state index contributed by atoms with van der Waals surface area (Å²) in [5, 5.41) is 3.26. The van der Waals surface area contributed by atoms with E-state index in [0.717, 1.165) is 6.54 Å².